The molecule has 1 aromatic heterocycles. The average molecular weight is 431 g/mol. The number of piperidine rings is 1. The highest BCUT2D eigenvalue weighted by Gasteiger charge is 2.30. The van der Waals surface area contributed by atoms with Crippen LogP contribution in [0.15, 0.2) is 42.5 Å². The standard InChI is InChI=1S/C26H26N2O4/c1-16-3-5-22-20(13-16)14-21(17(2)27-22)26(30)28-9-7-18(8-10-28)25(29)19-4-6-23-24(15-19)32-12-11-31-23/h3-6,13-15,18H,7-12H2,1-2H3. The summed E-state index contributed by atoms with van der Waals surface area (Å²) < 4.78 is 11.2. The Labute approximate surface area is 187 Å². The number of amides is 1. The summed E-state index contributed by atoms with van der Waals surface area (Å²) in [6.45, 7) is 6.05. The highest BCUT2D eigenvalue weighted by molar-refractivity contribution is 6.00. The van der Waals surface area contributed by atoms with Gasteiger partial charge in [-0.15, -0.1) is 0 Å². The molecule has 3 heterocycles. The van der Waals surface area contributed by atoms with Gasteiger partial charge in [-0.2, -0.15) is 0 Å². The van der Waals surface area contributed by atoms with E-state index >= 15 is 0 Å². The molecule has 1 fully saturated rings. The third kappa shape index (κ3) is 3.81. The van der Waals surface area contributed by atoms with E-state index in [1.54, 1.807) is 18.2 Å². The molecule has 0 spiro atoms. The van der Waals surface area contributed by atoms with Gasteiger partial charge in [-0.1, -0.05) is 11.6 Å². The molecular weight excluding hydrogens is 404 g/mol. The second kappa shape index (κ2) is 8.26. The number of rotatable bonds is 3. The molecule has 5 rings (SSSR count). The predicted molar refractivity (Wildman–Crippen MR) is 122 cm³/mol. The number of Topliss-reactive ketones (excluding diaryl/α,β-unsaturated/α-hetero) is 1. The maximum atomic E-state index is 13.2. The molecule has 2 aromatic carbocycles. The van der Waals surface area contributed by atoms with Crippen LogP contribution < -0.4 is 9.47 Å². The number of hydrogen-bond acceptors (Lipinski definition) is 5. The number of likely N-dealkylation sites (tertiary alicyclic amines) is 1. The first-order valence-corrected chi connectivity index (χ1v) is 11.1. The smallest absolute Gasteiger partial charge is 0.255 e. The van der Waals surface area contributed by atoms with Crippen LogP contribution in [-0.4, -0.2) is 47.9 Å². The topological polar surface area (TPSA) is 68.7 Å². The van der Waals surface area contributed by atoms with Crippen molar-refractivity contribution in [3.8, 4) is 11.5 Å². The minimum absolute atomic E-state index is 0.0105. The van der Waals surface area contributed by atoms with E-state index in [0.29, 0.717) is 61.8 Å². The number of ether oxygens (including phenoxy) is 2. The van der Waals surface area contributed by atoms with Crippen molar-refractivity contribution in [2.75, 3.05) is 26.3 Å². The summed E-state index contributed by atoms with van der Waals surface area (Å²) in [6, 6.07) is 13.4. The van der Waals surface area contributed by atoms with Gasteiger partial charge in [0.05, 0.1) is 16.8 Å². The second-order valence-corrected chi connectivity index (χ2v) is 8.61. The molecule has 0 unspecified atom stereocenters. The summed E-state index contributed by atoms with van der Waals surface area (Å²) in [4.78, 5) is 32.8. The second-order valence-electron chi connectivity index (χ2n) is 8.61. The molecule has 2 aliphatic rings. The molecule has 0 atom stereocenters. The number of hydrogen-bond donors (Lipinski definition) is 0. The number of pyridine rings is 1. The Kier molecular flexibility index (Phi) is 5.29. The lowest BCUT2D eigenvalue weighted by atomic mass is 9.88. The van der Waals surface area contributed by atoms with E-state index in [2.05, 4.69) is 11.1 Å². The Bertz CT molecular complexity index is 1210. The number of benzene rings is 2. The van der Waals surface area contributed by atoms with E-state index in [1.165, 1.54) is 0 Å². The van der Waals surface area contributed by atoms with Crippen LogP contribution in [0.3, 0.4) is 0 Å². The van der Waals surface area contributed by atoms with Crippen LogP contribution in [0.5, 0.6) is 11.5 Å². The Morgan fingerprint density at radius 2 is 1.69 bits per heavy atom. The molecule has 0 N–H and O–H groups in total. The first kappa shape index (κ1) is 20.5. The summed E-state index contributed by atoms with van der Waals surface area (Å²) in [5.74, 6) is 1.31. The van der Waals surface area contributed by atoms with Crippen molar-refractivity contribution in [1.29, 1.82) is 0 Å². The molecule has 0 radical (unpaired) electrons. The highest BCUT2D eigenvalue weighted by atomic mass is 16.6. The van der Waals surface area contributed by atoms with Crippen molar-refractivity contribution in [3.05, 3.63) is 64.8 Å². The van der Waals surface area contributed by atoms with Gasteiger partial charge in [-0.05, 0) is 63.1 Å². The van der Waals surface area contributed by atoms with Gasteiger partial charge in [-0.25, -0.2) is 0 Å². The third-order valence-electron chi connectivity index (χ3n) is 6.37. The lowest BCUT2D eigenvalue weighted by Gasteiger charge is -2.32. The zero-order valence-electron chi connectivity index (χ0n) is 18.4. The minimum atomic E-state index is -0.0971. The summed E-state index contributed by atoms with van der Waals surface area (Å²) in [5, 5.41) is 0.975. The van der Waals surface area contributed by atoms with Crippen LogP contribution in [0.25, 0.3) is 10.9 Å². The average Bonchev–Trinajstić information content (AvgIpc) is 2.83. The third-order valence-corrected chi connectivity index (χ3v) is 6.37. The minimum Gasteiger partial charge on any atom is -0.486 e. The predicted octanol–water partition coefficient (Wildman–Crippen LogP) is 4.36. The van der Waals surface area contributed by atoms with Crippen molar-refractivity contribution >= 4 is 22.6 Å². The summed E-state index contributed by atoms with van der Waals surface area (Å²) in [6.07, 6.45) is 1.30. The van der Waals surface area contributed by atoms with Crippen LogP contribution in [0.2, 0.25) is 0 Å². The van der Waals surface area contributed by atoms with Crippen molar-refractivity contribution in [3.63, 3.8) is 0 Å². The fraction of sp³-hybridized carbons (Fsp3) is 0.346. The lowest BCUT2D eigenvalue weighted by molar-refractivity contribution is 0.0649. The molecule has 0 bridgehead atoms. The van der Waals surface area contributed by atoms with Gasteiger partial charge in [0.2, 0.25) is 0 Å². The Hall–Kier alpha value is -3.41. The van der Waals surface area contributed by atoms with E-state index in [4.69, 9.17) is 9.47 Å². The maximum Gasteiger partial charge on any atom is 0.255 e. The van der Waals surface area contributed by atoms with Crippen molar-refractivity contribution in [2.24, 2.45) is 5.92 Å². The Morgan fingerprint density at radius 3 is 2.47 bits per heavy atom. The van der Waals surface area contributed by atoms with Crippen molar-refractivity contribution in [2.45, 2.75) is 26.7 Å². The number of fused-ring (bicyclic) bond motifs is 2. The number of aryl methyl sites for hydroxylation is 2. The van der Waals surface area contributed by atoms with Gasteiger partial charge in [0.15, 0.2) is 17.3 Å². The fourth-order valence-corrected chi connectivity index (χ4v) is 4.56. The van der Waals surface area contributed by atoms with Crippen LogP contribution in [0.1, 0.15) is 44.8 Å². The summed E-state index contributed by atoms with van der Waals surface area (Å²) >= 11 is 0. The zero-order chi connectivity index (χ0) is 22.2. The van der Waals surface area contributed by atoms with E-state index in [0.717, 1.165) is 22.2 Å². The molecule has 0 aliphatic carbocycles. The van der Waals surface area contributed by atoms with Gasteiger partial charge < -0.3 is 14.4 Å². The number of carbonyl (C=O) groups excluding carboxylic acids is 2. The van der Waals surface area contributed by atoms with Crippen LogP contribution >= 0.6 is 0 Å². The number of aromatic nitrogens is 1. The molecule has 2 aliphatic heterocycles. The van der Waals surface area contributed by atoms with Gasteiger partial charge in [-0.3, -0.25) is 14.6 Å². The number of carbonyl (C=O) groups is 2. The van der Waals surface area contributed by atoms with Crippen molar-refractivity contribution < 1.29 is 19.1 Å². The molecule has 1 amide bonds. The Balaban J connectivity index is 1.28. The van der Waals surface area contributed by atoms with Crippen molar-refractivity contribution in [1.82, 2.24) is 9.88 Å². The van der Waals surface area contributed by atoms with Gasteiger partial charge >= 0.3 is 0 Å². The molecule has 3 aromatic rings. The van der Waals surface area contributed by atoms with Gasteiger partial charge in [0.1, 0.15) is 13.2 Å². The molecule has 164 valence electrons. The Morgan fingerprint density at radius 1 is 0.938 bits per heavy atom. The summed E-state index contributed by atoms with van der Waals surface area (Å²) in [5.41, 5.74) is 4.05. The van der Waals surface area contributed by atoms with E-state index in [1.807, 2.05) is 36.9 Å². The number of ketones is 1. The van der Waals surface area contributed by atoms with Crippen LogP contribution in [-0.2, 0) is 0 Å². The molecule has 1 saturated heterocycles. The monoisotopic (exact) mass is 430 g/mol. The summed E-state index contributed by atoms with van der Waals surface area (Å²) in [7, 11) is 0. The first-order chi connectivity index (χ1) is 15.5. The lowest BCUT2D eigenvalue weighted by Crippen LogP contribution is -2.40. The van der Waals surface area contributed by atoms with Gasteiger partial charge in [0, 0.05) is 30.0 Å². The SMILES string of the molecule is Cc1ccc2nc(C)c(C(=O)N3CCC(C(=O)c4ccc5c(c4)OCCO5)CC3)cc2c1. The first-order valence-electron chi connectivity index (χ1n) is 11.1. The van der Waals surface area contributed by atoms with Gasteiger partial charge in [0.25, 0.3) is 5.91 Å². The van der Waals surface area contributed by atoms with Crippen LogP contribution in [0, 0.1) is 19.8 Å². The largest absolute Gasteiger partial charge is 0.486 e. The van der Waals surface area contributed by atoms with Crippen LogP contribution in [0.4, 0.5) is 0 Å². The molecular formula is C26H26N2O4. The normalized spacial score (nSPS) is 16.2. The number of nitrogens with zero attached hydrogens (tertiary/aromatic N) is 2. The quantitative estimate of drug-likeness (QED) is 0.578. The zero-order valence-corrected chi connectivity index (χ0v) is 18.4. The molecule has 6 heteroatoms. The fourth-order valence-electron chi connectivity index (χ4n) is 4.56. The van der Waals surface area contributed by atoms with E-state index < -0.39 is 0 Å². The molecule has 0 saturated carbocycles. The molecule has 6 nitrogen and oxygen atoms in total. The maximum absolute atomic E-state index is 13.2. The van der Waals surface area contributed by atoms with E-state index in [-0.39, 0.29) is 17.6 Å². The van der Waals surface area contributed by atoms with E-state index in [9.17, 15) is 9.59 Å². The highest BCUT2D eigenvalue weighted by Crippen LogP contribution is 2.33. The molecule has 32 heavy (non-hydrogen) atoms.